The van der Waals surface area contributed by atoms with Gasteiger partial charge in [0, 0.05) is 30.5 Å². The first-order valence-corrected chi connectivity index (χ1v) is 7.93. The van der Waals surface area contributed by atoms with E-state index in [1.54, 1.807) is 0 Å². The maximum atomic E-state index is 12.1. The van der Waals surface area contributed by atoms with Gasteiger partial charge in [-0.3, -0.25) is 0 Å². The van der Waals surface area contributed by atoms with Crippen molar-refractivity contribution in [1.29, 1.82) is 0 Å². The third kappa shape index (κ3) is 5.13. The van der Waals surface area contributed by atoms with Gasteiger partial charge in [-0.15, -0.1) is 0 Å². The lowest BCUT2D eigenvalue weighted by Crippen LogP contribution is -2.37. The third-order valence-electron chi connectivity index (χ3n) is 3.64. The molecule has 1 aliphatic heterocycles. The summed E-state index contributed by atoms with van der Waals surface area (Å²) in [6.45, 7) is 7.16. The molecule has 0 bridgehead atoms. The summed E-state index contributed by atoms with van der Waals surface area (Å²) in [7, 11) is 0. The summed E-state index contributed by atoms with van der Waals surface area (Å²) in [5.74, 6) is 0. The molecule has 1 unspecified atom stereocenters. The molecule has 1 amide bonds. The number of nitrogens with two attached hydrogens (primary N) is 1. The first-order valence-electron chi connectivity index (χ1n) is 7.93. The maximum absolute atomic E-state index is 12.1. The fraction of sp³-hybridized carbons (Fsp3) is 0.588. The van der Waals surface area contributed by atoms with Gasteiger partial charge in [0.2, 0.25) is 0 Å². The Hall–Kier alpha value is -1.91. The van der Waals surface area contributed by atoms with Crippen molar-refractivity contribution in [2.75, 3.05) is 24.1 Å². The quantitative estimate of drug-likeness (QED) is 0.821. The van der Waals surface area contributed by atoms with E-state index in [0.717, 1.165) is 43.7 Å². The van der Waals surface area contributed by atoms with Gasteiger partial charge >= 0.3 is 6.09 Å². The number of benzene rings is 1. The van der Waals surface area contributed by atoms with Crippen LogP contribution in [0.3, 0.4) is 0 Å². The van der Waals surface area contributed by atoms with E-state index in [2.05, 4.69) is 5.32 Å². The molecule has 22 heavy (non-hydrogen) atoms. The van der Waals surface area contributed by atoms with Gasteiger partial charge in [-0.05, 0) is 58.2 Å². The summed E-state index contributed by atoms with van der Waals surface area (Å²) in [6, 6.07) is 8.14. The van der Waals surface area contributed by atoms with Crippen molar-refractivity contribution in [2.24, 2.45) is 0 Å². The molecule has 1 atom stereocenters. The van der Waals surface area contributed by atoms with Crippen LogP contribution in [-0.2, 0) is 4.74 Å². The molecule has 0 aliphatic carbocycles. The lowest BCUT2D eigenvalue weighted by atomic mass is 10.1. The van der Waals surface area contributed by atoms with Gasteiger partial charge in [0.25, 0.3) is 0 Å². The van der Waals surface area contributed by atoms with Crippen LogP contribution in [0.5, 0.6) is 0 Å². The minimum absolute atomic E-state index is 0.211. The van der Waals surface area contributed by atoms with Crippen LogP contribution in [0.15, 0.2) is 24.3 Å². The van der Waals surface area contributed by atoms with Crippen molar-refractivity contribution in [3.63, 3.8) is 0 Å². The Bertz CT molecular complexity index is 511. The summed E-state index contributed by atoms with van der Waals surface area (Å²) >= 11 is 0. The molecule has 0 aromatic heterocycles. The van der Waals surface area contributed by atoms with Gasteiger partial charge in [0.1, 0.15) is 5.60 Å². The van der Waals surface area contributed by atoms with Gasteiger partial charge in [-0.2, -0.15) is 0 Å². The number of carbonyl (C=O) groups is 1. The smallest absolute Gasteiger partial charge is 0.410 e. The molecular formula is C17H27N3O2. The second-order valence-corrected chi connectivity index (χ2v) is 6.87. The highest BCUT2D eigenvalue weighted by atomic mass is 16.6. The fourth-order valence-electron chi connectivity index (χ4n) is 2.61. The number of nitrogens with one attached hydrogen (secondary N) is 1. The number of amides is 1. The van der Waals surface area contributed by atoms with Crippen molar-refractivity contribution in [2.45, 2.75) is 51.7 Å². The van der Waals surface area contributed by atoms with Crippen LogP contribution in [0, 0.1) is 0 Å². The highest BCUT2D eigenvalue weighted by molar-refractivity contribution is 5.68. The molecule has 5 nitrogen and oxygen atoms in total. The van der Waals surface area contributed by atoms with E-state index >= 15 is 0 Å². The minimum Gasteiger partial charge on any atom is -0.444 e. The van der Waals surface area contributed by atoms with E-state index in [1.807, 2.05) is 49.9 Å². The second kappa shape index (κ2) is 6.90. The summed E-state index contributed by atoms with van der Waals surface area (Å²) in [5.41, 5.74) is 7.16. The molecule has 1 heterocycles. The zero-order valence-electron chi connectivity index (χ0n) is 13.8. The number of hydrogen-bond donors (Lipinski definition) is 2. The Balaban J connectivity index is 1.88. The topological polar surface area (TPSA) is 67.6 Å². The Morgan fingerprint density at radius 2 is 2.09 bits per heavy atom. The molecule has 0 saturated carbocycles. The molecule has 3 N–H and O–H groups in total. The van der Waals surface area contributed by atoms with Gasteiger partial charge in [0.15, 0.2) is 0 Å². The molecule has 1 saturated heterocycles. The maximum Gasteiger partial charge on any atom is 0.410 e. The molecule has 2 rings (SSSR count). The number of rotatable bonds is 2. The van der Waals surface area contributed by atoms with Crippen LogP contribution < -0.4 is 11.1 Å². The SMILES string of the molecule is CC(C)(C)OC(=O)N1CCCC(Nc2cccc(N)c2)CC1. The third-order valence-corrected chi connectivity index (χ3v) is 3.64. The number of likely N-dealkylation sites (tertiary alicyclic amines) is 1. The molecular weight excluding hydrogens is 278 g/mol. The lowest BCUT2D eigenvalue weighted by molar-refractivity contribution is 0.0256. The summed E-state index contributed by atoms with van der Waals surface area (Å²) in [5, 5.41) is 3.51. The Labute approximate surface area is 132 Å². The average Bonchev–Trinajstić information content (AvgIpc) is 2.62. The summed E-state index contributed by atoms with van der Waals surface area (Å²) < 4.78 is 5.45. The van der Waals surface area contributed by atoms with Crippen molar-refractivity contribution in [3.8, 4) is 0 Å². The molecule has 1 aromatic rings. The Kier molecular flexibility index (Phi) is 5.16. The number of nitrogen functional groups attached to an aromatic ring is 1. The van der Waals surface area contributed by atoms with Crippen molar-refractivity contribution in [1.82, 2.24) is 4.90 Å². The Morgan fingerprint density at radius 1 is 1.32 bits per heavy atom. The van der Waals surface area contributed by atoms with E-state index < -0.39 is 5.60 Å². The minimum atomic E-state index is -0.442. The van der Waals surface area contributed by atoms with Crippen molar-refractivity contribution in [3.05, 3.63) is 24.3 Å². The van der Waals surface area contributed by atoms with E-state index in [1.165, 1.54) is 0 Å². The van der Waals surface area contributed by atoms with Crippen LogP contribution in [0.4, 0.5) is 16.2 Å². The lowest BCUT2D eigenvalue weighted by Gasteiger charge is -2.26. The van der Waals surface area contributed by atoms with Gasteiger partial charge in [-0.25, -0.2) is 4.79 Å². The van der Waals surface area contributed by atoms with Crippen LogP contribution in [-0.4, -0.2) is 35.7 Å². The first-order chi connectivity index (χ1) is 10.3. The molecule has 1 fully saturated rings. The average molecular weight is 305 g/mol. The zero-order chi connectivity index (χ0) is 16.2. The van der Waals surface area contributed by atoms with Gasteiger partial charge < -0.3 is 20.7 Å². The van der Waals surface area contributed by atoms with E-state index in [0.29, 0.717) is 6.04 Å². The summed E-state index contributed by atoms with van der Waals surface area (Å²) in [6.07, 6.45) is 2.71. The molecule has 1 aromatic carbocycles. The molecule has 0 radical (unpaired) electrons. The monoisotopic (exact) mass is 305 g/mol. The molecule has 1 aliphatic rings. The molecule has 0 spiro atoms. The number of anilines is 2. The largest absolute Gasteiger partial charge is 0.444 e. The number of hydrogen-bond acceptors (Lipinski definition) is 4. The van der Waals surface area contributed by atoms with E-state index in [4.69, 9.17) is 10.5 Å². The van der Waals surface area contributed by atoms with Gasteiger partial charge in [-0.1, -0.05) is 6.07 Å². The standard InChI is InChI=1S/C17H27N3O2/c1-17(2,3)22-16(21)20-10-5-8-14(9-11-20)19-15-7-4-6-13(18)12-15/h4,6-7,12,14,19H,5,8-11,18H2,1-3H3. The summed E-state index contributed by atoms with van der Waals surface area (Å²) in [4.78, 5) is 14.0. The predicted octanol–water partition coefficient (Wildman–Crippen LogP) is 3.47. The van der Waals surface area contributed by atoms with Gasteiger partial charge in [0.05, 0.1) is 0 Å². The zero-order valence-corrected chi connectivity index (χ0v) is 13.8. The number of carbonyl (C=O) groups excluding carboxylic acids is 1. The highest BCUT2D eigenvalue weighted by Crippen LogP contribution is 2.20. The van der Waals surface area contributed by atoms with Crippen molar-refractivity contribution < 1.29 is 9.53 Å². The van der Waals surface area contributed by atoms with Crippen LogP contribution in [0.25, 0.3) is 0 Å². The molecule has 122 valence electrons. The Morgan fingerprint density at radius 3 is 2.77 bits per heavy atom. The van der Waals surface area contributed by atoms with E-state index in [-0.39, 0.29) is 6.09 Å². The normalized spacial score (nSPS) is 19.4. The predicted molar refractivity (Wildman–Crippen MR) is 89.9 cm³/mol. The van der Waals surface area contributed by atoms with E-state index in [9.17, 15) is 4.79 Å². The van der Waals surface area contributed by atoms with Crippen LogP contribution >= 0.6 is 0 Å². The molecule has 5 heteroatoms. The van der Waals surface area contributed by atoms with Crippen molar-refractivity contribution >= 4 is 17.5 Å². The highest BCUT2D eigenvalue weighted by Gasteiger charge is 2.25. The van der Waals surface area contributed by atoms with Crippen LogP contribution in [0.1, 0.15) is 40.0 Å². The number of ether oxygens (including phenoxy) is 1. The second-order valence-electron chi connectivity index (χ2n) is 6.87. The number of nitrogens with zero attached hydrogens (tertiary/aromatic N) is 1. The fourth-order valence-corrected chi connectivity index (χ4v) is 2.61. The van der Waals surface area contributed by atoms with Crippen LogP contribution in [0.2, 0.25) is 0 Å². The first kappa shape index (κ1) is 16.5.